The van der Waals surface area contributed by atoms with E-state index in [-0.39, 0.29) is 5.82 Å². The second kappa shape index (κ2) is 5.63. The van der Waals surface area contributed by atoms with E-state index in [1.807, 2.05) is 38.1 Å². The van der Waals surface area contributed by atoms with Crippen LogP contribution >= 0.6 is 0 Å². The van der Waals surface area contributed by atoms with Gasteiger partial charge in [0.15, 0.2) is 0 Å². The van der Waals surface area contributed by atoms with Crippen LogP contribution in [0.3, 0.4) is 0 Å². The van der Waals surface area contributed by atoms with Crippen molar-refractivity contribution in [2.45, 2.75) is 25.4 Å². The Hall–Kier alpha value is -1.87. The summed E-state index contributed by atoms with van der Waals surface area (Å²) >= 11 is 0. The molecule has 106 valence electrons. The van der Waals surface area contributed by atoms with Crippen molar-refractivity contribution in [1.82, 2.24) is 0 Å². The Labute approximate surface area is 118 Å². The summed E-state index contributed by atoms with van der Waals surface area (Å²) in [5.74, 6) is 0.476. The molecular formula is C17H19FO2. The highest BCUT2D eigenvalue weighted by Crippen LogP contribution is 2.37. The molecule has 0 spiro atoms. The largest absolute Gasteiger partial charge is 0.497 e. The lowest BCUT2D eigenvalue weighted by Crippen LogP contribution is -2.26. The highest BCUT2D eigenvalue weighted by Gasteiger charge is 2.31. The van der Waals surface area contributed by atoms with E-state index in [0.29, 0.717) is 0 Å². The van der Waals surface area contributed by atoms with Gasteiger partial charge in [0.25, 0.3) is 0 Å². The van der Waals surface area contributed by atoms with Crippen LogP contribution in [0.25, 0.3) is 0 Å². The van der Waals surface area contributed by atoms with E-state index < -0.39 is 11.5 Å². The van der Waals surface area contributed by atoms with Gasteiger partial charge in [0.2, 0.25) is 0 Å². The predicted octanol–water partition coefficient (Wildman–Crippen LogP) is 3.85. The van der Waals surface area contributed by atoms with Crippen molar-refractivity contribution >= 4 is 0 Å². The summed E-state index contributed by atoms with van der Waals surface area (Å²) in [6.45, 7) is 3.88. The summed E-state index contributed by atoms with van der Waals surface area (Å²) in [5, 5.41) is 10.6. The number of hydrogen-bond donors (Lipinski definition) is 1. The number of benzene rings is 2. The highest BCUT2D eigenvalue weighted by molar-refractivity contribution is 5.34. The molecule has 2 aromatic rings. The van der Waals surface area contributed by atoms with Gasteiger partial charge in [0.1, 0.15) is 11.6 Å². The van der Waals surface area contributed by atoms with Crippen molar-refractivity contribution in [2.24, 2.45) is 0 Å². The Morgan fingerprint density at radius 1 is 1.00 bits per heavy atom. The van der Waals surface area contributed by atoms with Gasteiger partial charge in [-0.1, -0.05) is 38.1 Å². The lowest BCUT2D eigenvalue weighted by molar-refractivity contribution is 0.100. The van der Waals surface area contributed by atoms with E-state index in [1.54, 1.807) is 19.2 Å². The summed E-state index contributed by atoms with van der Waals surface area (Å²) in [5.41, 5.74) is 1.18. The Bertz CT molecular complexity index is 559. The molecule has 2 aromatic carbocycles. The quantitative estimate of drug-likeness (QED) is 0.917. The maximum absolute atomic E-state index is 13.0. The van der Waals surface area contributed by atoms with Crippen molar-refractivity contribution < 1.29 is 14.2 Å². The zero-order chi connectivity index (χ0) is 14.8. The third kappa shape index (κ3) is 2.83. The molecule has 0 saturated carbocycles. The molecule has 1 atom stereocenters. The summed E-state index contributed by atoms with van der Waals surface area (Å²) in [6.07, 6.45) is -0.682. The first kappa shape index (κ1) is 14.5. The average Bonchev–Trinajstić information content (AvgIpc) is 2.47. The van der Waals surface area contributed by atoms with Crippen LogP contribution in [-0.4, -0.2) is 12.2 Å². The van der Waals surface area contributed by atoms with E-state index in [4.69, 9.17) is 4.74 Å². The standard InChI is InChI=1S/C17H19FO2/c1-17(2,13-6-8-14(18)9-7-13)16(19)12-4-10-15(20-3)11-5-12/h4-11,16,19H,1-3H3. The van der Waals surface area contributed by atoms with Crippen LogP contribution in [0, 0.1) is 5.82 Å². The maximum Gasteiger partial charge on any atom is 0.123 e. The zero-order valence-electron chi connectivity index (χ0n) is 11.9. The Morgan fingerprint density at radius 2 is 1.55 bits per heavy atom. The van der Waals surface area contributed by atoms with Gasteiger partial charge in [0, 0.05) is 5.41 Å². The Morgan fingerprint density at radius 3 is 2.05 bits per heavy atom. The third-order valence-electron chi connectivity index (χ3n) is 3.70. The van der Waals surface area contributed by atoms with Crippen molar-refractivity contribution in [3.05, 3.63) is 65.5 Å². The lowest BCUT2D eigenvalue weighted by atomic mass is 9.77. The molecule has 0 fully saturated rings. The summed E-state index contributed by atoms with van der Waals surface area (Å²) < 4.78 is 18.1. The highest BCUT2D eigenvalue weighted by atomic mass is 19.1. The van der Waals surface area contributed by atoms with Crippen LogP contribution in [0.1, 0.15) is 31.1 Å². The number of aliphatic hydroxyl groups excluding tert-OH is 1. The van der Waals surface area contributed by atoms with Crippen LogP contribution in [0.5, 0.6) is 5.75 Å². The van der Waals surface area contributed by atoms with E-state index in [9.17, 15) is 9.50 Å². The van der Waals surface area contributed by atoms with E-state index in [1.165, 1.54) is 12.1 Å². The minimum absolute atomic E-state index is 0.275. The third-order valence-corrected chi connectivity index (χ3v) is 3.70. The van der Waals surface area contributed by atoms with Gasteiger partial charge in [-0.05, 0) is 35.4 Å². The average molecular weight is 274 g/mol. The molecular weight excluding hydrogens is 255 g/mol. The Kier molecular flexibility index (Phi) is 4.09. The van der Waals surface area contributed by atoms with Crippen molar-refractivity contribution in [2.75, 3.05) is 7.11 Å². The molecule has 20 heavy (non-hydrogen) atoms. The van der Waals surface area contributed by atoms with Crippen LogP contribution in [0.4, 0.5) is 4.39 Å². The normalized spacial score (nSPS) is 13.1. The number of aliphatic hydroxyl groups is 1. The minimum Gasteiger partial charge on any atom is -0.497 e. The number of rotatable bonds is 4. The van der Waals surface area contributed by atoms with Crippen LogP contribution < -0.4 is 4.74 Å². The van der Waals surface area contributed by atoms with Gasteiger partial charge in [-0.2, -0.15) is 0 Å². The number of hydrogen-bond acceptors (Lipinski definition) is 2. The molecule has 0 heterocycles. The maximum atomic E-state index is 13.0. The fourth-order valence-corrected chi connectivity index (χ4v) is 2.24. The topological polar surface area (TPSA) is 29.5 Å². The summed E-state index contributed by atoms with van der Waals surface area (Å²) in [7, 11) is 1.61. The number of halogens is 1. The summed E-state index contributed by atoms with van der Waals surface area (Å²) in [6, 6.07) is 13.6. The van der Waals surface area contributed by atoms with Gasteiger partial charge in [-0.3, -0.25) is 0 Å². The lowest BCUT2D eigenvalue weighted by Gasteiger charge is -2.31. The van der Waals surface area contributed by atoms with Gasteiger partial charge < -0.3 is 9.84 Å². The van der Waals surface area contributed by atoms with Gasteiger partial charge in [-0.25, -0.2) is 4.39 Å². The molecule has 0 saturated heterocycles. The van der Waals surface area contributed by atoms with Crippen LogP contribution in [0.15, 0.2) is 48.5 Å². The van der Waals surface area contributed by atoms with E-state index in [0.717, 1.165) is 16.9 Å². The van der Waals surface area contributed by atoms with Crippen molar-refractivity contribution in [1.29, 1.82) is 0 Å². The smallest absolute Gasteiger partial charge is 0.123 e. The molecule has 0 aliphatic carbocycles. The molecule has 2 nitrogen and oxygen atoms in total. The van der Waals surface area contributed by atoms with Gasteiger partial charge >= 0.3 is 0 Å². The van der Waals surface area contributed by atoms with Gasteiger partial charge in [-0.15, -0.1) is 0 Å². The monoisotopic (exact) mass is 274 g/mol. The molecule has 2 rings (SSSR count). The Balaban J connectivity index is 2.29. The second-order valence-electron chi connectivity index (χ2n) is 5.40. The fraction of sp³-hybridized carbons (Fsp3) is 0.294. The zero-order valence-corrected chi connectivity index (χ0v) is 11.9. The number of ether oxygens (including phenoxy) is 1. The molecule has 0 aromatic heterocycles. The molecule has 0 bridgehead atoms. The fourth-order valence-electron chi connectivity index (χ4n) is 2.24. The first-order valence-electron chi connectivity index (χ1n) is 6.53. The van der Waals surface area contributed by atoms with Crippen molar-refractivity contribution in [3.8, 4) is 5.75 Å². The van der Waals surface area contributed by atoms with E-state index >= 15 is 0 Å². The minimum atomic E-state index is -0.682. The molecule has 0 radical (unpaired) electrons. The van der Waals surface area contributed by atoms with E-state index in [2.05, 4.69) is 0 Å². The van der Waals surface area contributed by atoms with Crippen molar-refractivity contribution in [3.63, 3.8) is 0 Å². The molecule has 1 unspecified atom stereocenters. The summed E-state index contributed by atoms with van der Waals surface area (Å²) in [4.78, 5) is 0. The van der Waals surface area contributed by atoms with Crippen LogP contribution in [0.2, 0.25) is 0 Å². The first-order valence-corrected chi connectivity index (χ1v) is 6.53. The first-order chi connectivity index (χ1) is 9.45. The predicted molar refractivity (Wildman–Crippen MR) is 77.4 cm³/mol. The SMILES string of the molecule is COc1ccc(C(O)C(C)(C)c2ccc(F)cc2)cc1. The van der Waals surface area contributed by atoms with Crippen LogP contribution in [-0.2, 0) is 5.41 Å². The molecule has 0 aliphatic heterocycles. The molecule has 0 amide bonds. The number of methoxy groups -OCH3 is 1. The molecule has 0 aliphatic rings. The molecule has 3 heteroatoms. The molecule has 1 N–H and O–H groups in total. The second-order valence-corrected chi connectivity index (χ2v) is 5.40. The van der Waals surface area contributed by atoms with Gasteiger partial charge in [0.05, 0.1) is 13.2 Å².